The lowest BCUT2D eigenvalue weighted by Gasteiger charge is -2.32. The Morgan fingerprint density at radius 1 is 1.24 bits per heavy atom. The molecule has 0 amide bonds. The molecule has 0 saturated carbocycles. The van der Waals surface area contributed by atoms with Gasteiger partial charge in [0.05, 0.1) is 6.10 Å². The van der Waals surface area contributed by atoms with E-state index >= 15 is 0 Å². The summed E-state index contributed by atoms with van der Waals surface area (Å²) in [6, 6.07) is 4.39. The summed E-state index contributed by atoms with van der Waals surface area (Å²) >= 11 is 0. The first-order chi connectivity index (χ1) is 7.80. The van der Waals surface area contributed by atoms with Crippen LogP contribution in [0, 0.1) is 26.2 Å². The van der Waals surface area contributed by atoms with Crippen molar-refractivity contribution < 1.29 is 5.11 Å². The molecule has 0 saturated heterocycles. The van der Waals surface area contributed by atoms with Crippen LogP contribution in [0.1, 0.15) is 36.1 Å². The highest BCUT2D eigenvalue weighted by Gasteiger charge is 2.29. The van der Waals surface area contributed by atoms with Crippen LogP contribution in [-0.4, -0.2) is 17.8 Å². The molecule has 0 aromatic heterocycles. The zero-order chi connectivity index (χ0) is 13.2. The van der Waals surface area contributed by atoms with Crippen molar-refractivity contribution in [2.45, 2.75) is 47.1 Å². The lowest BCUT2D eigenvalue weighted by atomic mass is 9.77. The van der Waals surface area contributed by atoms with Gasteiger partial charge in [0.1, 0.15) is 0 Å². The lowest BCUT2D eigenvalue weighted by molar-refractivity contribution is 0.0587. The van der Waals surface area contributed by atoms with Gasteiger partial charge in [-0.2, -0.15) is 0 Å². The zero-order valence-corrected chi connectivity index (χ0v) is 11.7. The predicted molar refractivity (Wildman–Crippen MR) is 73.2 cm³/mol. The summed E-state index contributed by atoms with van der Waals surface area (Å²) < 4.78 is 0. The van der Waals surface area contributed by atoms with E-state index in [-0.39, 0.29) is 5.41 Å². The number of aliphatic hydroxyl groups excluding tert-OH is 1. The molecule has 0 aliphatic heterocycles. The van der Waals surface area contributed by atoms with Gasteiger partial charge in [0.2, 0.25) is 0 Å². The van der Waals surface area contributed by atoms with E-state index in [0.717, 1.165) is 6.42 Å². The van der Waals surface area contributed by atoms with Gasteiger partial charge in [-0.15, -0.1) is 0 Å². The summed E-state index contributed by atoms with van der Waals surface area (Å²) in [6.07, 6.45) is 0.437. The molecule has 0 aliphatic carbocycles. The maximum absolute atomic E-state index is 9.89. The molecule has 1 rings (SSSR count). The highest BCUT2D eigenvalue weighted by Crippen LogP contribution is 2.29. The van der Waals surface area contributed by atoms with E-state index in [4.69, 9.17) is 5.73 Å². The summed E-state index contributed by atoms with van der Waals surface area (Å²) in [5.41, 5.74) is 10.8. The van der Waals surface area contributed by atoms with Gasteiger partial charge in [-0.3, -0.25) is 0 Å². The first kappa shape index (κ1) is 14.2. The average Bonchev–Trinajstić information content (AvgIpc) is 2.22. The minimum absolute atomic E-state index is 0.245. The van der Waals surface area contributed by atoms with Crippen molar-refractivity contribution in [2.24, 2.45) is 11.1 Å². The zero-order valence-electron chi connectivity index (χ0n) is 11.7. The Labute approximate surface area is 105 Å². The molecule has 1 aromatic carbocycles. The molecular weight excluding hydrogens is 210 g/mol. The fraction of sp³-hybridized carbons (Fsp3) is 0.600. The Kier molecular flexibility index (Phi) is 4.34. The average molecular weight is 235 g/mol. The third kappa shape index (κ3) is 3.08. The van der Waals surface area contributed by atoms with Crippen molar-refractivity contribution in [1.82, 2.24) is 0 Å². The van der Waals surface area contributed by atoms with Gasteiger partial charge in [-0.05, 0) is 50.8 Å². The van der Waals surface area contributed by atoms with Crippen LogP contribution in [0.15, 0.2) is 12.1 Å². The summed E-state index contributed by atoms with van der Waals surface area (Å²) in [6.45, 7) is 10.8. The molecule has 0 spiro atoms. The molecule has 0 radical (unpaired) electrons. The number of nitrogens with two attached hydrogens (primary N) is 1. The Morgan fingerprint density at radius 2 is 1.71 bits per heavy atom. The number of hydrogen-bond acceptors (Lipinski definition) is 2. The molecule has 2 unspecified atom stereocenters. The van der Waals surface area contributed by atoms with Crippen LogP contribution in [0.25, 0.3) is 0 Å². The van der Waals surface area contributed by atoms with Crippen LogP contribution in [0.3, 0.4) is 0 Å². The van der Waals surface area contributed by atoms with E-state index in [1.165, 1.54) is 22.3 Å². The van der Waals surface area contributed by atoms with Crippen molar-refractivity contribution in [3.8, 4) is 0 Å². The molecule has 3 N–H and O–H groups in total. The van der Waals surface area contributed by atoms with Crippen LogP contribution >= 0.6 is 0 Å². The third-order valence-electron chi connectivity index (χ3n) is 3.90. The molecule has 0 fully saturated rings. The minimum atomic E-state index is -0.396. The Hall–Kier alpha value is -0.860. The maximum Gasteiger partial charge on any atom is 0.0580 e. The molecule has 0 heterocycles. The van der Waals surface area contributed by atoms with E-state index in [0.29, 0.717) is 6.54 Å². The Bertz CT molecular complexity index is 375. The quantitative estimate of drug-likeness (QED) is 0.842. The minimum Gasteiger partial charge on any atom is -0.393 e. The highest BCUT2D eigenvalue weighted by molar-refractivity contribution is 5.38. The monoisotopic (exact) mass is 235 g/mol. The third-order valence-corrected chi connectivity index (χ3v) is 3.90. The SMILES string of the molecule is Cc1cc(C)c(CC(C)(CN)C(C)O)c(C)c1. The molecule has 1 aromatic rings. The topological polar surface area (TPSA) is 46.2 Å². The molecular formula is C15H25NO. The molecule has 96 valence electrons. The predicted octanol–water partition coefficient (Wildman–Crippen LogP) is 2.50. The van der Waals surface area contributed by atoms with E-state index in [1.54, 1.807) is 0 Å². The summed E-state index contributed by atoms with van der Waals surface area (Å²) in [7, 11) is 0. The van der Waals surface area contributed by atoms with Crippen LogP contribution in [0.4, 0.5) is 0 Å². The van der Waals surface area contributed by atoms with Crippen LogP contribution in [0.2, 0.25) is 0 Å². The fourth-order valence-corrected chi connectivity index (χ4v) is 2.28. The van der Waals surface area contributed by atoms with Crippen LogP contribution in [-0.2, 0) is 6.42 Å². The summed E-state index contributed by atoms with van der Waals surface area (Å²) in [4.78, 5) is 0. The van der Waals surface area contributed by atoms with Crippen molar-refractivity contribution in [3.05, 3.63) is 34.4 Å². The van der Waals surface area contributed by atoms with E-state index in [9.17, 15) is 5.11 Å². The number of aliphatic hydroxyl groups is 1. The van der Waals surface area contributed by atoms with E-state index in [2.05, 4.69) is 39.8 Å². The highest BCUT2D eigenvalue weighted by atomic mass is 16.3. The van der Waals surface area contributed by atoms with Gasteiger partial charge in [0.15, 0.2) is 0 Å². The van der Waals surface area contributed by atoms with Crippen molar-refractivity contribution in [1.29, 1.82) is 0 Å². The standard InChI is InChI=1S/C15H25NO/c1-10-6-11(2)14(12(3)7-10)8-15(5,9-16)13(4)17/h6-7,13,17H,8-9,16H2,1-5H3. The summed E-state index contributed by atoms with van der Waals surface area (Å²) in [5, 5.41) is 9.89. The van der Waals surface area contributed by atoms with Crippen molar-refractivity contribution in [2.75, 3.05) is 6.54 Å². The Morgan fingerprint density at radius 3 is 2.06 bits per heavy atom. The van der Waals surface area contributed by atoms with E-state index in [1.807, 2.05) is 6.92 Å². The van der Waals surface area contributed by atoms with Crippen LogP contribution in [0.5, 0.6) is 0 Å². The van der Waals surface area contributed by atoms with Gasteiger partial charge in [-0.1, -0.05) is 24.6 Å². The molecule has 2 nitrogen and oxygen atoms in total. The second kappa shape index (κ2) is 5.19. The number of benzene rings is 1. The van der Waals surface area contributed by atoms with Crippen molar-refractivity contribution in [3.63, 3.8) is 0 Å². The second-order valence-electron chi connectivity index (χ2n) is 5.59. The van der Waals surface area contributed by atoms with Gasteiger partial charge in [-0.25, -0.2) is 0 Å². The number of aryl methyl sites for hydroxylation is 3. The molecule has 2 heteroatoms. The normalized spacial score (nSPS) is 16.6. The molecule has 0 bridgehead atoms. The molecule has 17 heavy (non-hydrogen) atoms. The van der Waals surface area contributed by atoms with Gasteiger partial charge >= 0.3 is 0 Å². The largest absolute Gasteiger partial charge is 0.393 e. The lowest BCUT2D eigenvalue weighted by Crippen LogP contribution is -2.39. The smallest absolute Gasteiger partial charge is 0.0580 e. The first-order valence-corrected chi connectivity index (χ1v) is 6.25. The van der Waals surface area contributed by atoms with Crippen molar-refractivity contribution >= 4 is 0 Å². The number of rotatable bonds is 4. The molecule has 2 atom stereocenters. The maximum atomic E-state index is 9.89. The first-order valence-electron chi connectivity index (χ1n) is 6.25. The van der Waals surface area contributed by atoms with Crippen LogP contribution < -0.4 is 5.73 Å². The van der Waals surface area contributed by atoms with Gasteiger partial charge < -0.3 is 10.8 Å². The molecule has 0 aliphatic rings. The second-order valence-corrected chi connectivity index (χ2v) is 5.59. The number of hydrogen-bond donors (Lipinski definition) is 2. The summed E-state index contributed by atoms with van der Waals surface area (Å²) in [5.74, 6) is 0. The Balaban J connectivity index is 3.10. The van der Waals surface area contributed by atoms with Gasteiger partial charge in [0.25, 0.3) is 0 Å². The van der Waals surface area contributed by atoms with E-state index < -0.39 is 6.10 Å². The fourth-order valence-electron chi connectivity index (χ4n) is 2.28. The van der Waals surface area contributed by atoms with Gasteiger partial charge in [0, 0.05) is 12.0 Å².